The maximum absolute atomic E-state index is 11.8. The van der Waals surface area contributed by atoms with E-state index in [9.17, 15) is 16.8 Å². The third-order valence-electron chi connectivity index (χ3n) is 4.42. The first-order chi connectivity index (χ1) is 14.1. The molecule has 4 rings (SSSR count). The van der Waals surface area contributed by atoms with Gasteiger partial charge >= 0.3 is 0 Å². The summed E-state index contributed by atoms with van der Waals surface area (Å²) in [5.41, 5.74) is 3.06. The number of nitrogens with two attached hydrogens (primary N) is 1. The van der Waals surface area contributed by atoms with Crippen molar-refractivity contribution < 1.29 is 21.3 Å². The number of nitrogens with zero attached hydrogens (tertiary/aromatic N) is 1. The van der Waals surface area contributed by atoms with E-state index < -0.39 is 19.9 Å². The van der Waals surface area contributed by atoms with Crippen molar-refractivity contribution in [2.45, 2.75) is 9.79 Å². The van der Waals surface area contributed by atoms with Crippen LogP contribution in [-0.4, -0.2) is 28.1 Å². The van der Waals surface area contributed by atoms with Crippen LogP contribution in [-0.2, 0) is 19.9 Å². The molecule has 30 heavy (non-hydrogen) atoms. The third-order valence-corrected chi connectivity index (χ3v) is 6.46. The second-order valence-electron chi connectivity index (χ2n) is 6.67. The zero-order valence-electron chi connectivity index (χ0n) is 15.7. The predicted octanol–water partition coefficient (Wildman–Crippen LogP) is 3.29. The molecule has 0 bridgehead atoms. The van der Waals surface area contributed by atoms with Crippen LogP contribution in [0.2, 0.25) is 0 Å². The number of fused-ring (bicyclic) bond motifs is 1. The van der Waals surface area contributed by atoms with Crippen LogP contribution in [0.15, 0.2) is 80.9 Å². The van der Waals surface area contributed by atoms with Gasteiger partial charge in [0.1, 0.15) is 5.52 Å². The lowest BCUT2D eigenvalue weighted by atomic mass is 10.1. The highest BCUT2D eigenvalue weighted by Gasteiger charge is 2.14. The number of sulfone groups is 1. The van der Waals surface area contributed by atoms with E-state index in [1.165, 1.54) is 24.3 Å². The fourth-order valence-corrected chi connectivity index (χ4v) is 4.16. The van der Waals surface area contributed by atoms with E-state index >= 15 is 0 Å². The number of primary sulfonamides is 1. The van der Waals surface area contributed by atoms with Gasteiger partial charge in [-0.2, -0.15) is 4.98 Å². The Labute approximate surface area is 173 Å². The molecule has 0 saturated carbocycles. The number of oxazole rings is 1. The first-order valence-corrected chi connectivity index (χ1v) is 12.1. The lowest BCUT2D eigenvalue weighted by molar-refractivity contribution is 0.597. The summed E-state index contributed by atoms with van der Waals surface area (Å²) >= 11 is 0. The van der Waals surface area contributed by atoms with E-state index in [-0.39, 0.29) is 15.8 Å². The highest BCUT2D eigenvalue weighted by Crippen LogP contribution is 2.32. The fraction of sp³-hybridized carbons (Fsp3) is 0.0500. The average molecular weight is 444 g/mol. The minimum atomic E-state index is -3.78. The molecule has 0 atom stereocenters. The van der Waals surface area contributed by atoms with Crippen molar-refractivity contribution in [2.24, 2.45) is 5.14 Å². The molecular formula is C20H17N3O5S2. The summed E-state index contributed by atoms with van der Waals surface area (Å²) in [7, 11) is -7.12. The standard InChI is InChI=1S/C20H17N3O5S2/c1-29(24,25)16-5-2-4-14(12-16)22-20-23-18-7-3-6-17(19(18)28-20)13-8-10-15(11-9-13)30(21,26)27/h2-12H,1H3,(H,22,23)(H2,21,26,27). The highest BCUT2D eigenvalue weighted by atomic mass is 32.2. The van der Waals surface area contributed by atoms with Gasteiger partial charge in [-0.25, -0.2) is 22.0 Å². The van der Waals surface area contributed by atoms with Gasteiger partial charge in [-0.15, -0.1) is 0 Å². The van der Waals surface area contributed by atoms with Gasteiger partial charge in [0.15, 0.2) is 15.4 Å². The van der Waals surface area contributed by atoms with Gasteiger partial charge in [0.25, 0.3) is 6.01 Å². The van der Waals surface area contributed by atoms with Crippen molar-refractivity contribution in [3.63, 3.8) is 0 Å². The molecule has 1 heterocycles. The Morgan fingerprint density at radius 1 is 0.900 bits per heavy atom. The van der Waals surface area contributed by atoms with E-state index in [1.54, 1.807) is 30.3 Å². The summed E-state index contributed by atoms with van der Waals surface area (Å²) in [6.07, 6.45) is 1.14. The van der Waals surface area contributed by atoms with Crippen molar-refractivity contribution in [3.8, 4) is 11.1 Å². The van der Waals surface area contributed by atoms with Gasteiger partial charge in [-0.1, -0.05) is 30.3 Å². The molecule has 0 aliphatic rings. The van der Waals surface area contributed by atoms with Crippen molar-refractivity contribution in [2.75, 3.05) is 11.6 Å². The Bertz CT molecular complexity index is 1460. The Balaban J connectivity index is 1.71. The van der Waals surface area contributed by atoms with Crippen LogP contribution in [0.25, 0.3) is 22.2 Å². The predicted molar refractivity (Wildman–Crippen MR) is 114 cm³/mol. The Morgan fingerprint density at radius 2 is 1.60 bits per heavy atom. The van der Waals surface area contributed by atoms with Gasteiger partial charge in [0, 0.05) is 17.5 Å². The first-order valence-electron chi connectivity index (χ1n) is 8.71. The molecule has 8 nitrogen and oxygen atoms in total. The number of nitrogens with one attached hydrogen (secondary N) is 1. The SMILES string of the molecule is CS(=O)(=O)c1cccc(Nc2nc3cccc(-c4ccc(S(N)(=O)=O)cc4)c3o2)c1. The molecule has 1 aromatic heterocycles. The van der Waals surface area contributed by atoms with Crippen LogP contribution in [0.3, 0.4) is 0 Å². The number of hydrogen-bond donors (Lipinski definition) is 2. The maximum Gasteiger partial charge on any atom is 0.300 e. The zero-order chi connectivity index (χ0) is 21.5. The van der Waals surface area contributed by atoms with Crippen molar-refractivity contribution >= 4 is 42.7 Å². The monoisotopic (exact) mass is 443 g/mol. The fourth-order valence-electron chi connectivity index (χ4n) is 2.98. The van der Waals surface area contributed by atoms with Crippen molar-refractivity contribution in [3.05, 3.63) is 66.7 Å². The van der Waals surface area contributed by atoms with Crippen molar-refractivity contribution in [1.29, 1.82) is 0 Å². The molecule has 10 heteroatoms. The lowest BCUT2D eigenvalue weighted by Gasteiger charge is -2.04. The molecule has 0 spiro atoms. The smallest absolute Gasteiger partial charge is 0.300 e. The van der Waals surface area contributed by atoms with Crippen LogP contribution in [0, 0.1) is 0 Å². The van der Waals surface area contributed by atoms with E-state index in [0.717, 1.165) is 17.4 Å². The number of anilines is 2. The molecule has 0 radical (unpaired) electrons. The topological polar surface area (TPSA) is 132 Å². The summed E-state index contributed by atoms with van der Waals surface area (Å²) in [6, 6.07) is 18.1. The molecule has 0 aliphatic heterocycles. The maximum atomic E-state index is 11.8. The van der Waals surface area contributed by atoms with E-state index in [2.05, 4.69) is 10.3 Å². The molecule has 0 aliphatic carbocycles. The molecule has 4 aromatic rings. The molecule has 0 fully saturated rings. The Morgan fingerprint density at radius 3 is 2.27 bits per heavy atom. The second kappa shape index (κ2) is 7.24. The second-order valence-corrected chi connectivity index (χ2v) is 10.2. The number of sulfonamides is 1. The minimum absolute atomic E-state index is 0.0177. The first kappa shape index (κ1) is 20.1. The Kier molecular flexibility index (Phi) is 4.85. The molecule has 3 aromatic carbocycles. The number of aromatic nitrogens is 1. The molecule has 3 N–H and O–H groups in total. The lowest BCUT2D eigenvalue weighted by Crippen LogP contribution is -2.11. The Hall–Kier alpha value is -3.21. The van der Waals surface area contributed by atoms with Crippen LogP contribution in [0.4, 0.5) is 11.7 Å². The van der Waals surface area contributed by atoms with Gasteiger partial charge < -0.3 is 9.73 Å². The number of benzene rings is 3. The van der Waals surface area contributed by atoms with Gasteiger partial charge in [0.05, 0.1) is 9.79 Å². The molecule has 0 amide bonds. The van der Waals surface area contributed by atoms with Crippen LogP contribution < -0.4 is 10.5 Å². The minimum Gasteiger partial charge on any atom is -0.423 e. The number of hydrogen-bond acceptors (Lipinski definition) is 7. The van der Waals surface area contributed by atoms with Crippen LogP contribution in [0.1, 0.15) is 0 Å². The van der Waals surface area contributed by atoms with Crippen molar-refractivity contribution in [1.82, 2.24) is 4.98 Å². The largest absolute Gasteiger partial charge is 0.423 e. The molecule has 0 saturated heterocycles. The molecule has 154 valence electrons. The number of para-hydroxylation sites is 1. The summed E-state index contributed by atoms with van der Waals surface area (Å²) in [6.45, 7) is 0. The van der Waals surface area contributed by atoms with E-state index in [4.69, 9.17) is 9.56 Å². The van der Waals surface area contributed by atoms with Gasteiger partial charge in [0.2, 0.25) is 10.0 Å². The van der Waals surface area contributed by atoms with Crippen LogP contribution in [0.5, 0.6) is 0 Å². The summed E-state index contributed by atoms with van der Waals surface area (Å²) in [5.74, 6) is 0. The molecule has 0 unspecified atom stereocenters. The normalized spacial score (nSPS) is 12.2. The average Bonchev–Trinajstić information content (AvgIpc) is 3.09. The van der Waals surface area contributed by atoms with Gasteiger partial charge in [-0.05, 0) is 42.0 Å². The molecular weight excluding hydrogens is 426 g/mol. The van der Waals surface area contributed by atoms with Crippen LogP contribution >= 0.6 is 0 Å². The third kappa shape index (κ3) is 4.06. The van der Waals surface area contributed by atoms with E-state index in [0.29, 0.717) is 16.8 Å². The zero-order valence-corrected chi connectivity index (χ0v) is 17.4. The van der Waals surface area contributed by atoms with E-state index in [1.807, 2.05) is 12.1 Å². The number of rotatable bonds is 5. The summed E-state index contributed by atoms with van der Waals surface area (Å²) < 4.78 is 52.3. The summed E-state index contributed by atoms with van der Waals surface area (Å²) in [4.78, 5) is 4.60. The van der Waals surface area contributed by atoms with Gasteiger partial charge in [-0.3, -0.25) is 0 Å². The quantitative estimate of drug-likeness (QED) is 0.483. The highest BCUT2D eigenvalue weighted by molar-refractivity contribution is 7.90. The summed E-state index contributed by atoms with van der Waals surface area (Å²) in [5, 5.41) is 8.12.